The summed E-state index contributed by atoms with van der Waals surface area (Å²) in [6.07, 6.45) is 1.92. The fourth-order valence-electron chi connectivity index (χ4n) is 2.32. The van der Waals surface area contributed by atoms with Crippen molar-refractivity contribution in [2.24, 2.45) is 0 Å². The van der Waals surface area contributed by atoms with Crippen LogP contribution in [-0.2, 0) is 20.9 Å². The third-order valence-corrected chi connectivity index (χ3v) is 4.25. The Kier molecular flexibility index (Phi) is 6.34. The van der Waals surface area contributed by atoms with E-state index in [1.807, 2.05) is 18.4 Å². The Morgan fingerprint density at radius 1 is 1.38 bits per heavy atom. The van der Waals surface area contributed by atoms with Crippen LogP contribution in [0.5, 0.6) is 0 Å². The maximum atomic E-state index is 11.9. The number of nitrogens with zero attached hydrogens (tertiary/aromatic N) is 3. The van der Waals surface area contributed by atoms with Crippen LogP contribution in [0.1, 0.15) is 11.4 Å². The summed E-state index contributed by atoms with van der Waals surface area (Å²) in [4.78, 5) is 35.2. The lowest BCUT2D eigenvalue weighted by Gasteiger charge is -2.08. The lowest BCUT2D eigenvalue weighted by atomic mass is 10.3. The van der Waals surface area contributed by atoms with Gasteiger partial charge in [-0.1, -0.05) is 6.07 Å². The first-order valence-electron chi connectivity index (χ1n) is 7.59. The number of thioether (sulfide) groups is 1. The van der Waals surface area contributed by atoms with E-state index in [9.17, 15) is 19.7 Å². The Hall–Kier alpha value is -2.88. The molecule has 0 unspecified atom stereocenters. The van der Waals surface area contributed by atoms with Crippen molar-refractivity contribution in [1.82, 2.24) is 9.78 Å². The number of carbonyl (C=O) groups excluding carboxylic acids is 2. The average molecular weight is 378 g/mol. The van der Waals surface area contributed by atoms with Crippen molar-refractivity contribution in [2.75, 3.05) is 18.2 Å². The molecule has 0 aliphatic carbocycles. The predicted octanol–water partition coefficient (Wildman–Crippen LogP) is 2.31. The minimum absolute atomic E-state index is 0.135. The van der Waals surface area contributed by atoms with Crippen molar-refractivity contribution >= 4 is 35.0 Å². The van der Waals surface area contributed by atoms with Crippen molar-refractivity contribution in [1.29, 1.82) is 0 Å². The maximum absolute atomic E-state index is 11.9. The number of hydrogen-bond donors (Lipinski definition) is 1. The Bertz CT molecular complexity index is 849. The SMILES string of the molecule is CSc1cccc(NC(=O)COC(=O)Cn2nc(C)c([N+](=O)[O-])c2C)c1. The molecule has 1 N–H and O–H groups in total. The highest BCUT2D eigenvalue weighted by Gasteiger charge is 2.23. The number of carbonyl (C=O) groups is 2. The van der Waals surface area contributed by atoms with Gasteiger partial charge in [0.2, 0.25) is 0 Å². The molecule has 2 rings (SSSR count). The summed E-state index contributed by atoms with van der Waals surface area (Å²) in [5.41, 5.74) is 0.936. The summed E-state index contributed by atoms with van der Waals surface area (Å²) in [6.45, 7) is 2.22. The van der Waals surface area contributed by atoms with Gasteiger partial charge in [-0.2, -0.15) is 5.10 Å². The molecule has 1 heterocycles. The molecule has 138 valence electrons. The summed E-state index contributed by atoms with van der Waals surface area (Å²) in [7, 11) is 0. The molecule has 1 amide bonds. The second-order valence-electron chi connectivity index (χ2n) is 5.38. The van der Waals surface area contributed by atoms with Gasteiger partial charge < -0.3 is 10.1 Å². The molecule has 26 heavy (non-hydrogen) atoms. The van der Waals surface area contributed by atoms with E-state index >= 15 is 0 Å². The molecule has 0 saturated heterocycles. The number of hydrogen-bond acceptors (Lipinski definition) is 7. The van der Waals surface area contributed by atoms with Crippen molar-refractivity contribution in [3.8, 4) is 0 Å². The Morgan fingerprint density at radius 2 is 2.12 bits per heavy atom. The monoisotopic (exact) mass is 378 g/mol. The summed E-state index contributed by atoms with van der Waals surface area (Å²) in [6, 6.07) is 7.25. The smallest absolute Gasteiger partial charge is 0.328 e. The van der Waals surface area contributed by atoms with Crippen LogP contribution in [0.15, 0.2) is 29.2 Å². The van der Waals surface area contributed by atoms with Gasteiger partial charge in [0.05, 0.1) is 4.92 Å². The van der Waals surface area contributed by atoms with E-state index in [2.05, 4.69) is 10.4 Å². The van der Waals surface area contributed by atoms with Gasteiger partial charge in [-0.25, -0.2) is 0 Å². The molecule has 0 saturated carbocycles. The normalized spacial score (nSPS) is 10.4. The van der Waals surface area contributed by atoms with Gasteiger partial charge in [-0.05, 0) is 38.3 Å². The summed E-state index contributed by atoms with van der Waals surface area (Å²) in [5.74, 6) is -1.19. The molecule has 0 aliphatic rings. The van der Waals surface area contributed by atoms with Crippen LogP contribution >= 0.6 is 11.8 Å². The number of benzene rings is 1. The summed E-state index contributed by atoms with van der Waals surface area (Å²) >= 11 is 1.54. The largest absolute Gasteiger partial charge is 0.454 e. The molecular formula is C16H18N4O5S. The Morgan fingerprint density at radius 3 is 2.73 bits per heavy atom. The van der Waals surface area contributed by atoms with Crippen LogP contribution < -0.4 is 5.32 Å². The molecule has 1 aromatic carbocycles. The van der Waals surface area contributed by atoms with Crippen molar-refractivity contribution in [3.05, 3.63) is 45.8 Å². The highest BCUT2D eigenvalue weighted by atomic mass is 32.2. The number of rotatable bonds is 7. The fourth-order valence-corrected chi connectivity index (χ4v) is 2.78. The number of nitrogens with one attached hydrogen (secondary N) is 1. The number of anilines is 1. The van der Waals surface area contributed by atoms with Crippen LogP contribution in [0.25, 0.3) is 0 Å². The number of amides is 1. The van der Waals surface area contributed by atoms with Crippen LogP contribution in [-0.4, -0.2) is 39.4 Å². The van der Waals surface area contributed by atoms with Gasteiger partial charge in [0.15, 0.2) is 6.61 Å². The number of esters is 1. The number of aromatic nitrogens is 2. The molecule has 0 fully saturated rings. The van der Waals surface area contributed by atoms with E-state index in [0.29, 0.717) is 5.69 Å². The van der Waals surface area contributed by atoms with Gasteiger partial charge in [0.1, 0.15) is 17.9 Å². The second kappa shape index (κ2) is 8.48. The molecule has 0 atom stereocenters. The third kappa shape index (κ3) is 4.82. The first-order valence-corrected chi connectivity index (χ1v) is 8.82. The second-order valence-corrected chi connectivity index (χ2v) is 6.25. The number of aryl methyl sites for hydroxylation is 1. The fraction of sp³-hybridized carbons (Fsp3) is 0.312. The quantitative estimate of drug-likeness (QED) is 0.340. The standard InChI is InChI=1S/C16H18N4O5S/c1-10-16(20(23)24)11(2)19(18-10)8-15(22)25-9-14(21)17-12-5-4-6-13(7-12)26-3/h4-7H,8-9H2,1-3H3,(H,17,21). The minimum Gasteiger partial charge on any atom is -0.454 e. The minimum atomic E-state index is -0.710. The van der Waals surface area contributed by atoms with E-state index in [-0.39, 0.29) is 23.6 Å². The molecule has 10 heteroatoms. The molecule has 1 aromatic heterocycles. The van der Waals surface area contributed by atoms with Gasteiger partial charge in [0, 0.05) is 10.6 Å². The lowest BCUT2D eigenvalue weighted by molar-refractivity contribution is -0.386. The molecule has 9 nitrogen and oxygen atoms in total. The molecule has 0 radical (unpaired) electrons. The molecular weight excluding hydrogens is 360 g/mol. The first-order chi connectivity index (χ1) is 12.3. The summed E-state index contributed by atoms with van der Waals surface area (Å²) < 4.78 is 6.10. The van der Waals surface area contributed by atoms with Crippen LogP contribution in [0, 0.1) is 24.0 Å². The Balaban J connectivity index is 1.89. The maximum Gasteiger partial charge on any atom is 0.328 e. The molecule has 0 aliphatic heterocycles. The average Bonchev–Trinajstić information content (AvgIpc) is 2.86. The highest BCUT2D eigenvalue weighted by molar-refractivity contribution is 7.98. The molecule has 0 bridgehead atoms. The third-order valence-electron chi connectivity index (χ3n) is 3.52. The zero-order chi connectivity index (χ0) is 19.3. The van der Waals surface area contributed by atoms with Crippen molar-refractivity contribution in [2.45, 2.75) is 25.3 Å². The van der Waals surface area contributed by atoms with Crippen LogP contribution in [0.2, 0.25) is 0 Å². The predicted molar refractivity (Wildman–Crippen MR) is 96.2 cm³/mol. The van der Waals surface area contributed by atoms with E-state index in [0.717, 1.165) is 4.90 Å². The van der Waals surface area contributed by atoms with E-state index in [4.69, 9.17) is 4.74 Å². The van der Waals surface area contributed by atoms with Crippen molar-refractivity contribution in [3.63, 3.8) is 0 Å². The Labute approximate surface area is 153 Å². The lowest BCUT2D eigenvalue weighted by Crippen LogP contribution is -2.23. The van der Waals surface area contributed by atoms with Crippen LogP contribution in [0.4, 0.5) is 11.4 Å². The van der Waals surface area contributed by atoms with Gasteiger partial charge in [0.25, 0.3) is 5.91 Å². The number of nitro groups is 1. The van der Waals surface area contributed by atoms with Crippen LogP contribution in [0.3, 0.4) is 0 Å². The number of ether oxygens (including phenoxy) is 1. The molecule has 0 spiro atoms. The van der Waals surface area contributed by atoms with E-state index < -0.39 is 23.4 Å². The van der Waals surface area contributed by atoms with Gasteiger partial charge in [-0.15, -0.1) is 11.8 Å². The van der Waals surface area contributed by atoms with Gasteiger partial charge in [-0.3, -0.25) is 24.4 Å². The highest BCUT2D eigenvalue weighted by Crippen LogP contribution is 2.21. The first kappa shape index (κ1) is 19.4. The topological polar surface area (TPSA) is 116 Å². The van der Waals surface area contributed by atoms with E-state index in [1.165, 1.54) is 18.5 Å². The molecule has 2 aromatic rings. The van der Waals surface area contributed by atoms with Gasteiger partial charge >= 0.3 is 11.7 Å². The zero-order valence-electron chi connectivity index (χ0n) is 14.5. The van der Waals surface area contributed by atoms with Crippen molar-refractivity contribution < 1.29 is 19.2 Å². The zero-order valence-corrected chi connectivity index (χ0v) is 15.3. The summed E-state index contributed by atoms with van der Waals surface area (Å²) in [5, 5.41) is 17.5. The van der Waals surface area contributed by atoms with E-state index in [1.54, 1.807) is 23.9 Å².